The lowest BCUT2D eigenvalue weighted by Gasteiger charge is -2.22. The van der Waals surface area contributed by atoms with Crippen LogP contribution in [0, 0.1) is 0 Å². The Morgan fingerprint density at radius 2 is 0.683 bits per heavy atom. The van der Waals surface area contributed by atoms with Gasteiger partial charge in [0.2, 0.25) is 0 Å². The molecule has 0 rings (SSSR count). The molecule has 0 aromatic heterocycles. The van der Waals surface area contributed by atoms with E-state index in [1.165, 1.54) is 154 Å². The number of nitrogens with zero attached hydrogens (tertiary/aromatic N) is 1. The van der Waals surface area contributed by atoms with Crippen LogP contribution in [0.4, 0.5) is 0 Å². The number of phosphoric acid groups is 1. The molecule has 1 atom stereocenters. The molecule has 1 N–H and O–H groups in total. The van der Waals surface area contributed by atoms with Crippen LogP contribution in [0.2, 0.25) is 0 Å². The highest BCUT2D eigenvalue weighted by Crippen LogP contribution is 2.43. The van der Waals surface area contributed by atoms with E-state index in [9.17, 15) is 9.46 Å². The summed E-state index contributed by atoms with van der Waals surface area (Å²) in [6.45, 7) is 10.6. The third kappa shape index (κ3) is 32.8. The fraction of sp³-hybridized carbons (Fsp3) is 1.00. The van der Waals surface area contributed by atoms with Gasteiger partial charge in [-0.05, 0) is 38.8 Å². The van der Waals surface area contributed by atoms with Gasteiger partial charge < -0.3 is 9.79 Å². The fourth-order valence-corrected chi connectivity index (χ4v) is 6.34. The molecule has 0 fully saturated rings. The quantitative estimate of drug-likeness (QED) is 0.0577. The summed E-state index contributed by atoms with van der Waals surface area (Å²) >= 11 is 0. The lowest BCUT2D eigenvalue weighted by molar-refractivity contribution is 0.139. The van der Waals surface area contributed by atoms with Crippen molar-refractivity contribution in [3.05, 3.63) is 0 Å². The first-order valence-corrected chi connectivity index (χ1v) is 19.9. The second-order valence-corrected chi connectivity index (χ2v) is 13.9. The lowest BCUT2D eigenvalue weighted by Crippen LogP contribution is -2.28. The van der Waals surface area contributed by atoms with Crippen molar-refractivity contribution in [1.82, 2.24) is 4.90 Å². The molecule has 0 bridgehead atoms. The molecule has 0 heterocycles. The molecule has 41 heavy (non-hydrogen) atoms. The van der Waals surface area contributed by atoms with Crippen LogP contribution in [0.5, 0.6) is 0 Å². The first kappa shape index (κ1) is 41.1. The minimum absolute atomic E-state index is 0.289. The van der Waals surface area contributed by atoms with Crippen molar-refractivity contribution >= 4 is 7.82 Å². The van der Waals surface area contributed by atoms with Gasteiger partial charge in [0.1, 0.15) is 0 Å². The summed E-state index contributed by atoms with van der Waals surface area (Å²) < 4.78 is 22.8. The molecule has 0 aliphatic heterocycles. The summed E-state index contributed by atoms with van der Waals surface area (Å²) in [6.07, 6.45) is 34.7. The SMILES string of the molecule is CCCCCCCCCCCN(CCCCCCCCCCC)CCCOP(=O)(O)OCCCCCCCCCC. The molecule has 5 nitrogen and oxygen atoms in total. The summed E-state index contributed by atoms with van der Waals surface area (Å²) in [4.78, 5) is 12.6. The molecular weight excluding hydrogens is 529 g/mol. The largest absolute Gasteiger partial charge is 0.472 e. The monoisotopic (exact) mass is 604 g/mol. The van der Waals surface area contributed by atoms with Gasteiger partial charge in [-0.3, -0.25) is 9.05 Å². The molecule has 0 radical (unpaired) electrons. The van der Waals surface area contributed by atoms with Gasteiger partial charge in [0.05, 0.1) is 13.2 Å². The molecule has 0 amide bonds. The van der Waals surface area contributed by atoms with Gasteiger partial charge in [0.25, 0.3) is 0 Å². The number of hydrogen-bond donors (Lipinski definition) is 1. The Labute approximate surface area is 257 Å². The van der Waals surface area contributed by atoms with Crippen LogP contribution >= 0.6 is 7.82 Å². The van der Waals surface area contributed by atoms with Crippen LogP contribution in [0.15, 0.2) is 0 Å². The third-order valence-corrected chi connectivity index (χ3v) is 9.30. The molecule has 6 heteroatoms. The minimum atomic E-state index is -3.93. The van der Waals surface area contributed by atoms with Crippen LogP contribution in [-0.2, 0) is 13.6 Å². The van der Waals surface area contributed by atoms with Gasteiger partial charge in [0, 0.05) is 6.54 Å². The van der Waals surface area contributed by atoms with Crippen molar-refractivity contribution < 1.29 is 18.5 Å². The second kappa shape index (κ2) is 33.0. The van der Waals surface area contributed by atoms with Gasteiger partial charge in [0.15, 0.2) is 0 Å². The first-order chi connectivity index (χ1) is 20.1. The van der Waals surface area contributed by atoms with E-state index < -0.39 is 7.82 Å². The highest BCUT2D eigenvalue weighted by molar-refractivity contribution is 7.47. The zero-order valence-electron chi connectivity index (χ0n) is 28.2. The average molecular weight is 604 g/mol. The van der Waals surface area contributed by atoms with Crippen LogP contribution in [0.1, 0.15) is 194 Å². The van der Waals surface area contributed by atoms with E-state index in [2.05, 4.69) is 25.7 Å². The molecule has 0 spiro atoms. The Morgan fingerprint density at radius 1 is 0.415 bits per heavy atom. The fourth-order valence-electron chi connectivity index (χ4n) is 5.55. The van der Waals surface area contributed by atoms with Crippen molar-refractivity contribution in [3.8, 4) is 0 Å². The Kier molecular flexibility index (Phi) is 33.0. The highest BCUT2D eigenvalue weighted by Gasteiger charge is 2.20. The van der Waals surface area contributed by atoms with Gasteiger partial charge in [-0.15, -0.1) is 0 Å². The Hall–Kier alpha value is 0.0700. The molecule has 0 aliphatic rings. The number of unbranched alkanes of at least 4 members (excludes halogenated alkanes) is 23. The molecule has 1 unspecified atom stereocenters. The average Bonchev–Trinajstić information content (AvgIpc) is 2.96. The minimum Gasteiger partial charge on any atom is -0.303 e. The molecule has 0 saturated carbocycles. The summed E-state index contributed by atoms with van der Waals surface area (Å²) in [5.74, 6) is 0. The maximum absolute atomic E-state index is 12.3. The van der Waals surface area contributed by atoms with Crippen molar-refractivity contribution in [3.63, 3.8) is 0 Å². The second-order valence-electron chi connectivity index (χ2n) is 12.5. The molecule has 0 aromatic rings. The predicted octanol–water partition coefficient (Wildman–Crippen LogP) is 12.0. The van der Waals surface area contributed by atoms with Gasteiger partial charge in [-0.25, -0.2) is 4.57 Å². The maximum Gasteiger partial charge on any atom is 0.472 e. The zero-order chi connectivity index (χ0) is 30.1. The van der Waals surface area contributed by atoms with Crippen molar-refractivity contribution in [2.24, 2.45) is 0 Å². The van der Waals surface area contributed by atoms with E-state index in [1.807, 2.05) is 0 Å². The zero-order valence-corrected chi connectivity index (χ0v) is 29.1. The normalized spacial score (nSPS) is 13.3. The van der Waals surface area contributed by atoms with E-state index in [4.69, 9.17) is 9.05 Å². The Bertz CT molecular complexity index is 526. The predicted molar refractivity (Wildman–Crippen MR) is 180 cm³/mol. The van der Waals surface area contributed by atoms with Crippen molar-refractivity contribution in [2.45, 2.75) is 194 Å². The molecule has 0 saturated heterocycles. The van der Waals surface area contributed by atoms with Crippen LogP contribution < -0.4 is 0 Å². The smallest absolute Gasteiger partial charge is 0.303 e. The van der Waals surface area contributed by atoms with Gasteiger partial charge >= 0.3 is 7.82 Å². The summed E-state index contributed by atoms with van der Waals surface area (Å²) in [7, 11) is -3.93. The van der Waals surface area contributed by atoms with Crippen LogP contribution in [0.25, 0.3) is 0 Å². The first-order valence-electron chi connectivity index (χ1n) is 18.4. The van der Waals surface area contributed by atoms with Crippen molar-refractivity contribution in [2.75, 3.05) is 32.8 Å². The van der Waals surface area contributed by atoms with E-state index in [0.717, 1.165) is 38.9 Å². The standard InChI is InChI=1S/C35H74NO4P/c1-4-7-10-13-16-19-21-24-27-31-36(32-28-25-22-20-17-14-11-8-5-2)33-30-35-40-41(37,38)39-34-29-26-23-18-15-12-9-6-3/h4-35H2,1-3H3,(H,37,38). The van der Waals surface area contributed by atoms with Gasteiger partial charge in [-0.1, -0.05) is 168 Å². The summed E-state index contributed by atoms with van der Waals surface area (Å²) in [5.41, 5.74) is 0. The van der Waals surface area contributed by atoms with Crippen LogP contribution in [-0.4, -0.2) is 42.6 Å². The Morgan fingerprint density at radius 3 is 1.05 bits per heavy atom. The Balaban J connectivity index is 4.10. The van der Waals surface area contributed by atoms with Crippen molar-refractivity contribution in [1.29, 1.82) is 0 Å². The lowest BCUT2D eigenvalue weighted by atomic mass is 10.1. The third-order valence-electron chi connectivity index (χ3n) is 8.28. The highest BCUT2D eigenvalue weighted by atomic mass is 31.2. The van der Waals surface area contributed by atoms with E-state index >= 15 is 0 Å². The van der Waals surface area contributed by atoms with E-state index in [0.29, 0.717) is 6.61 Å². The topological polar surface area (TPSA) is 59.0 Å². The molecule has 0 aromatic carbocycles. The number of hydrogen-bond acceptors (Lipinski definition) is 4. The molecular formula is C35H74NO4P. The summed E-state index contributed by atoms with van der Waals surface area (Å²) in [5, 5.41) is 0. The van der Waals surface area contributed by atoms with Crippen LogP contribution in [0.3, 0.4) is 0 Å². The van der Waals surface area contributed by atoms with E-state index in [1.54, 1.807) is 0 Å². The molecule has 0 aliphatic carbocycles. The number of phosphoric ester groups is 1. The maximum atomic E-state index is 12.3. The molecule has 248 valence electrons. The van der Waals surface area contributed by atoms with E-state index in [-0.39, 0.29) is 6.61 Å². The number of rotatable bonds is 35. The summed E-state index contributed by atoms with van der Waals surface area (Å²) in [6, 6.07) is 0. The van der Waals surface area contributed by atoms with Gasteiger partial charge in [-0.2, -0.15) is 0 Å².